The van der Waals surface area contributed by atoms with Gasteiger partial charge in [0.2, 0.25) is 10.0 Å². The van der Waals surface area contributed by atoms with Gasteiger partial charge in [0, 0.05) is 60.9 Å². The number of methoxy groups -OCH3 is 1. The number of nitrogens with one attached hydrogen (secondary N) is 1. The maximum atomic E-state index is 13.2. The lowest BCUT2D eigenvalue weighted by Gasteiger charge is -2.34. The molecule has 2 fully saturated rings. The van der Waals surface area contributed by atoms with Gasteiger partial charge in [0.15, 0.2) is 0 Å². The number of ether oxygens (including phenoxy) is 2. The largest absolute Gasteiger partial charge is 0.382 e. The lowest BCUT2D eigenvalue weighted by atomic mass is 9.80. The number of H-pyrrole nitrogens is 1. The Hall–Kier alpha value is -2.07. The van der Waals surface area contributed by atoms with Crippen molar-refractivity contribution in [3.8, 4) is 0 Å². The third-order valence-corrected chi connectivity index (χ3v) is 9.41. The number of nitrogens with zero attached hydrogens (tertiary/aromatic N) is 3. The molecule has 1 saturated carbocycles. The minimum atomic E-state index is -3.29. The standard InChI is InChI=1S/C25H34N4O4S/c1-32-13-14-33-21-3-2-12-29(16-21)34(30,31)17-18-4-6-19(7-5-18)24-23-20(8-10-26-24)15-28-25-22(23)9-11-27-25/h8-11,15,18-19,21H,2-7,12-14,16-17H2,1H3,(H,27,28). The zero-order valence-corrected chi connectivity index (χ0v) is 20.6. The van der Waals surface area contributed by atoms with Gasteiger partial charge in [-0.15, -0.1) is 0 Å². The van der Waals surface area contributed by atoms with Gasteiger partial charge in [-0.3, -0.25) is 4.98 Å². The van der Waals surface area contributed by atoms with E-state index in [1.165, 1.54) is 5.39 Å². The first-order valence-electron chi connectivity index (χ1n) is 12.3. The summed E-state index contributed by atoms with van der Waals surface area (Å²) >= 11 is 0. The number of aromatic nitrogens is 3. The second kappa shape index (κ2) is 10.3. The zero-order chi connectivity index (χ0) is 23.5. The number of pyridine rings is 2. The second-order valence-corrected chi connectivity index (χ2v) is 11.7. The Bertz CT molecular complexity index is 1220. The van der Waals surface area contributed by atoms with Crippen LogP contribution in [0.2, 0.25) is 0 Å². The van der Waals surface area contributed by atoms with Gasteiger partial charge in [0.25, 0.3) is 0 Å². The molecule has 0 amide bonds. The Morgan fingerprint density at radius 1 is 1.12 bits per heavy atom. The fraction of sp³-hybridized carbons (Fsp3) is 0.600. The third kappa shape index (κ3) is 4.98. The molecular formula is C25H34N4O4S. The smallest absolute Gasteiger partial charge is 0.214 e. The summed E-state index contributed by atoms with van der Waals surface area (Å²) in [7, 11) is -1.65. The van der Waals surface area contributed by atoms with Crippen molar-refractivity contribution in [2.24, 2.45) is 5.92 Å². The highest BCUT2D eigenvalue weighted by atomic mass is 32.2. The Balaban J connectivity index is 1.22. The third-order valence-electron chi connectivity index (χ3n) is 7.39. The van der Waals surface area contributed by atoms with Crippen molar-refractivity contribution in [3.05, 3.63) is 36.4 Å². The predicted octanol–water partition coefficient (Wildman–Crippen LogP) is 3.84. The average Bonchev–Trinajstić information content (AvgIpc) is 3.34. The normalized spacial score (nSPS) is 24.7. The van der Waals surface area contributed by atoms with Crippen molar-refractivity contribution in [1.29, 1.82) is 0 Å². The van der Waals surface area contributed by atoms with Gasteiger partial charge in [-0.1, -0.05) is 0 Å². The van der Waals surface area contributed by atoms with E-state index in [4.69, 9.17) is 14.5 Å². The molecule has 1 unspecified atom stereocenters. The molecule has 1 atom stereocenters. The lowest BCUT2D eigenvalue weighted by Crippen LogP contribution is -2.45. The van der Waals surface area contributed by atoms with Crippen molar-refractivity contribution in [1.82, 2.24) is 19.3 Å². The molecule has 34 heavy (non-hydrogen) atoms. The molecular weight excluding hydrogens is 452 g/mol. The Labute approximate surface area is 201 Å². The monoisotopic (exact) mass is 486 g/mol. The van der Waals surface area contributed by atoms with Crippen molar-refractivity contribution >= 4 is 31.8 Å². The van der Waals surface area contributed by atoms with Crippen LogP contribution >= 0.6 is 0 Å². The molecule has 8 nitrogen and oxygen atoms in total. The lowest BCUT2D eigenvalue weighted by molar-refractivity contribution is -0.00658. The number of sulfonamides is 1. The van der Waals surface area contributed by atoms with Crippen LogP contribution in [0.1, 0.15) is 50.1 Å². The van der Waals surface area contributed by atoms with Crippen molar-refractivity contribution in [2.75, 3.05) is 39.2 Å². The number of hydrogen-bond donors (Lipinski definition) is 1. The fourth-order valence-corrected chi connectivity index (χ4v) is 7.55. The van der Waals surface area contributed by atoms with E-state index >= 15 is 0 Å². The first kappa shape index (κ1) is 23.7. The number of rotatable bonds is 8. The molecule has 4 heterocycles. The molecule has 5 rings (SSSR count). The molecule has 0 radical (unpaired) electrons. The van der Waals surface area contributed by atoms with E-state index in [0.29, 0.717) is 32.2 Å². The van der Waals surface area contributed by atoms with E-state index in [1.54, 1.807) is 11.4 Å². The summed E-state index contributed by atoms with van der Waals surface area (Å²) in [5.41, 5.74) is 2.01. The molecule has 3 aromatic rings. The van der Waals surface area contributed by atoms with E-state index in [9.17, 15) is 8.42 Å². The van der Waals surface area contributed by atoms with Crippen molar-refractivity contribution < 1.29 is 17.9 Å². The number of fused-ring (bicyclic) bond motifs is 3. The molecule has 9 heteroatoms. The fourth-order valence-electron chi connectivity index (χ4n) is 5.61. The summed E-state index contributed by atoms with van der Waals surface area (Å²) in [5, 5.41) is 3.39. The summed E-state index contributed by atoms with van der Waals surface area (Å²) in [6.45, 7) is 2.10. The summed E-state index contributed by atoms with van der Waals surface area (Å²) in [6.07, 6.45) is 11.2. The van der Waals surface area contributed by atoms with Crippen molar-refractivity contribution in [3.63, 3.8) is 0 Å². The van der Waals surface area contributed by atoms with E-state index in [-0.39, 0.29) is 17.8 Å². The quantitative estimate of drug-likeness (QED) is 0.486. The maximum absolute atomic E-state index is 13.2. The van der Waals surface area contributed by atoms with Gasteiger partial charge in [0.1, 0.15) is 5.65 Å². The Morgan fingerprint density at radius 2 is 1.97 bits per heavy atom. The molecule has 0 bridgehead atoms. The first-order chi connectivity index (χ1) is 16.5. The Morgan fingerprint density at radius 3 is 2.79 bits per heavy atom. The van der Waals surface area contributed by atoms with Crippen LogP contribution in [0.4, 0.5) is 0 Å². The van der Waals surface area contributed by atoms with E-state index in [1.807, 2.05) is 24.7 Å². The van der Waals surface area contributed by atoms with Crippen LogP contribution in [-0.2, 0) is 19.5 Å². The van der Waals surface area contributed by atoms with E-state index in [2.05, 4.69) is 16.0 Å². The summed E-state index contributed by atoms with van der Waals surface area (Å²) in [5.74, 6) is 0.774. The van der Waals surface area contributed by atoms with Gasteiger partial charge in [-0.25, -0.2) is 13.4 Å². The zero-order valence-electron chi connectivity index (χ0n) is 19.8. The Kier molecular flexibility index (Phi) is 7.15. The highest BCUT2D eigenvalue weighted by Gasteiger charge is 2.33. The van der Waals surface area contributed by atoms with E-state index < -0.39 is 10.0 Å². The summed E-state index contributed by atoms with van der Waals surface area (Å²) < 4.78 is 38.9. The van der Waals surface area contributed by atoms with Crippen LogP contribution in [-0.4, -0.2) is 72.9 Å². The second-order valence-electron chi connectivity index (χ2n) is 9.64. The minimum Gasteiger partial charge on any atom is -0.382 e. The molecule has 2 aliphatic rings. The van der Waals surface area contributed by atoms with E-state index in [0.717, 1.165) is 60.6 Å². The van der Waals surface area contributed by atoms with Gasteiger partial charge in [-0.2, -0.15) is 4.31 Å². The van der Waals surface area contributed by atoms with Crippen LogP contribution in [0.15, 0.2) is 30.7 Å². The van der Waals surface area contributed by atoms with Crippen LogP contribution in [0.3, 0.4) is 0 Å². The highest BCUT2D eigenvalue weighted by Crippen LogP contribution is 2.39. The molecule has 0 spiro atoms. The van der Waals surface area contributed by atoms with Crippen molar-refractivity contribution in [2.45, 2.75) is 50.5 Å². The summed E-state index contributed by atoms with van der Waals surface area (Å²) in [6, 6.07) is 4.08. The summed E-state index contributed by atoms with van der Waals surface area (Å²) in [4.78, 5) is 12.5. The highest BCUT2D eigenvalue weighted by molar-refractivity contribution is 7.89. The topological polar surface area (TPSA) is 97.4 Å². The van der Waals surface area contributed by atoms with Crippen LogP contribution in [0.25, 0.3) is 21.8 Å². The average molecular weight is 487 g/mol. The number of piperidine rings is 1. The van der Waals surface area contributed by atoms with Gasteiger partial charge in [-0.05, 0) is 56.6 Å². The number of hydrogen-bond acceptors (Lipinski definition) is 6. The van der Waals surface area contributed by atoms with Gasteiger partial charge in [0.05, 0.1) is 30.8 Å². The maximum Gasteiger partial charge on any atom is 0.214 e. The minimum absolute atomic E-state index is 0.0356. The molecule has 0 aromatic carbocycles. The molecule has 184 valence electrons. The molecule has 1 saturated heterocycles. The molecule has 1 N–H and O–H groups in total. The van der Waals surface area contributed by atoms with Gasteiger partial charge < -0.3 is 14.5 Å². The molecule has 1 aliphatic carbocycles. The SMILES string of the molecule is COCCOC1CCCN(S(=O)(=O)CC2CCC(c3nccc4cnc5[nH]ccc5c34)CC2)C1. The molecule has 1 aliphatic heterocycles. The predicted molar refractivity (Wildman–Crippen MR) is 132 cm³/mol. The van der Waals surface area contributed by atoms with Crippen LogP contribution < -0.4 is 0 Å². The number of aromatic amines is 1. The van der Waals surface area contributed by atoms with Gasteiger partial charge >= 0.3 is 0 Å². The van der Waals surface area contributed by atoms with Crippen LogP contribution in [0.5, 0.6) is 0 Å². The molecule has 3 aromatic heterocycles. The van der Waals surface area contributed by atoms with Crippen LogP contribution in [0, 0.1) is 5.92 Å². The first-order valence-corrected chi connectivity index (χ1v) is 13.9.